The molecule has 5 N–H and O–H groups in total. The SMILES string of the molecule is Nc1nc2c(c(=O)[nH]1)N=C(CO)CN2.[V]. The average Bonchev–Trinajstić information content (AvgIpc) is 2.17. The van der Waals surface area contributed by atoms with Crippen LogP contribution in [0.15, 0.2) is 9.79 Å². The monoisotopic (exact) mass is 246 g/mol. The Bertz CT molecular complexity index is 455. The molecule has 2 rings (SSSR count). The van der Waals surface area contributed by atoms with Gasteiger partial charge in [-0.2, -0.15) is 4.98 Å². The maximum Gasteiger partial charge on any atom is 0.280 e. The standard InChI is InChI=1S/C7H9N5O2.V/c8-7-11-5-4(6(14)12-7)10-3(2-13)1-9-5;/h13H,1-2H2,(H4,8,9,11,12,14);. The van der Waals surface area contributed by atoms with Crippen LogP contribution in [0.3, 0.4) is 0 Å². The number of nitrogen functional groups attached to an aromatic ring is 1. The first-order chi connectivity index (χ1) is 6.70. The molecule has 0 aliphatic carbocycles. The van der Waals surface area contributed by atoms with Crippen molar-refractivity contribution in [2.45, 2.75) is 0 Å². The number of nitrogens with zero attached hydrogens (tertiary/aromatic N) is 2. The number of H-pyrrole nitrogens is 1. The molecule has 2 heterocycles. The molecule has 0 unspecified atom stereocenters. The fourth-order valence-corrected chi connectivity index (χ4v) is 1.19. The van der Waals surface area contributed by atoms with Crippen LogP contribution in [0.5, 0.6) is 0 Å². The summed E-state index contributed by atoms with van der Waals surface area (Å²) in [6, 6.07) is 0. The quantitative estimate of drug-likeness (QED) is 0.498. The van der Waals surface area contributed by atoms with E-state index in [1.54, 1.807) is 0 Å². The third-order valence-electron chi connectivity index (χ3n) is 1.83. The first kappa shape index (κ1) is 11.8. The van der Waals surface area contributed by atoms with Crippen LogP contribution in [-0.4, -0.2) is 33.9 Å². The van der Waals surface area contributed by atoms with Gasteiger partial charge < -0.3 is 16.2 Å². The Morgan fingerprint density at radius 1 is 1.53 bits per heavy atom. The summed E-state index contributed by atoms with van der Waals surface area (Å²) in [6.45, 7) is 0.190. The zero-order chi connectivity index (χ0) is 10.1. The number of aliphatic hydroxyl groups is 1. The van der Waals surface area contributed by atoms with E-state index in [0.717, 1.165) is 0 Å². The van der Waals surface area contributed by atoms with Crippen LogP contribution in [-0.2, 0) is 18.6 Å². The number of hydrogen-bond donors (Lipinski definition) is 4. The minimum Gasteiger partial charge on any atom is -0.390 e. The second-order valence-corrected chi connectivity index (χ2v) is 2.84. The largest absolute Gasteiger partial charge is 0.390 e. The molecule has 0 atom stereocenters. The molecule has 79 valence electrons. The Hall–Kier alpha value is -1.31. The molecule has 0 saturated carbocycles. The van der Waals surface area contributed by atoms with Gasteiger partial charge in [-0.15, -0.1) is 0 Å². The minimum atomic E-state index is -0.411. The van der Waals surface area contributed by atoms with E-state index in [-0.39, 0.29) is 36.8 Å². The first-order valence-electron chi connectivity index (χ1n) is 4.01. The van der Waals surface area contributed by atoms with Crippen LogP contribution in [0.4, 0.5) is 17.5 Å². The third kappa shape index (κ3) is 2.20. The summed E-state index contributed by atoms with van der Waals surface area (Å²) in [5.74, 6) is 0.396. The summed E-state index contributed by atoms with van der Waals surface area (Å²) in [4.78, 5) is 21.5. The van der Waals surface area contributed by atoms with Gasteiger partial charge >= 0.3 is 0 Å². The van der Waals surface area contributed by atoms with Crippen LogP contribution < -0.4 is 16.6 Å². The zero-order valence-corrected chi connectivity index (χ0v) is 9.09. The van der Waals surface area contributed by atoms with E-state index < -0.39 is 5.56 Å². The predicted molar refractivity (Wildman–Crippen MR) is 51.9 cm³/mol. The molecule has 1 aliphatic heterocycles. The van der Waals surface area contributed by atoms with Crippen molar-refractivity contribution in [1.82, 2.24) is 9.97 Å². The van der Waals surface area contributed by atoms with Gasteiger partial charge in [-0.1, -0.05) is 0 Å². The summed E-state index contributed by atoms with van der Waals surface area (Å²) in [6.07, 6.45) is 0. The number of aliphatic hydroxyl groups excluding tert-OH is 1. The van der Waals surface area contributed by atoms with Gasteiger partial charge in [-0.25, -0.2) is 4.99 Å². The van der Waals surface area contributed by atoms with Crippen molar-refractivity contribution in [2.75, 3.05) is 24.2 Å². The van der Waals surface area contributed by atoms with E-state index in [1.165, 1.54) is 0 Å². The second-order valence-electron chi connectivity index (χ2n) is 2.84. The molecule has 1 aromatic heterocycles. The molecular weight excluding hydrogens is 237 g/mol. The molecule has 0 spiro atoms. The maximum absolute atomic E-state index is 11.3. The second kappa shape index (κ2) is 4.48. The van der Waals surface area contributed by atoms with Crippen LogP contribution in [0, 0.1) is 0 Å². The van der Waals surface area contributed by atoms with Gasteiger partial charge in [-0.05, 0) is 0 Å². The zero-order valence-electron chi connectivity index (χ0n) is 7.69. The number of nitrogens with two attached hydrogens (primary N) is 1. The molecule has 0 amide bonds. The summed E-state index contributed by atoms with van der Waals surface area (Å²) in [5, 5.41) is 11.7. The van der Waals surface area contributed by atoms with Gasteiger partial charge in [-0.3, -0.25) is 9.78 Å². The Balaban J connectivity index is 0.00000112. The van der Waals surface area contributed by atoms with Gasteiger partial charge in [0.25, 0.3) is 5.56 Å². The normalized spacial score (nSPS) is 13.3. The number of aliphatic imine (C=N–C) groups is 1. The van der Waals surface area contributed by atoms with Crippen molar-refractivity contribution in [3.63, 3.8) is 0 Å². The maximum atomic E-state index is 11.3. The number of nitrogens with one attached hydrogen (secondary N) is 2. The Kier molecular flexibility index (Phi) is 3.51. The van der Waals surface area contributed by atoms with Gasteiger partial charge in [0.1, 0.15) is 0 Å². The van der Waals surface area contributed by atoms with Gasteiger partial charge in [0.05, 0.1) is 18.9 Å². The fourth-order valence-electron chi connectivity index (χ4n) is 1.19. The average molecular weight is 246 g/mol. The third-order valence-corrected chi connectivity index (χ3v) is 1.83. The number of anilines is 2. The van der Waals surface area contributed by atoms with Gasteiger partial charge in [0.2, 0.25) is 5.95 Å². The molecule has 0 bridgehead atoms. The van der Waals surface area contributed by atoms with E-state index in [4.69, 9.17) is 10.8 Å². The van der Waals surface area contributed by atoms with Crippen molar-refractivity contribution in [2.24, 2.45) is 4.99 Å². The topological polar surface area (TPSA) is 116 Å². The molecule has 1 aromatic rings. The van der Waals surface area contributed by atoms with Crippen LogP contribution in [0.2, 0.25) is 0 Å². The van der Waals surface area contributed by atoms with E-state index in [0.29, 0.717) is 18.1 Å². The fraction of sp³-hybridized carbons (Fsp3) is 0.286. The molecular formula is C7H9N5O2V. The molecule has 1 radical (unpaired) electrons. The number of aromatic amines is 1. The van der Waals surface area contributed by atoms with Crippen molar-refractivity contribution >= 4 is 23.2 Å². The number of hydrogen-bond acceptors (Lipinski definition) is 6. The van der Waals surface area contributed by atoms with E-state index >= 15 is 0 Å². The van der Waals surface area contributed by atoms with Crippen molar-refractivity contribution in [3.8, 4) is 0 Å². The summed E-state index contributed by atoms with van der Waals surface area (Å²) >= 11 is 0. The minimum absolute atomic E-state index is 0. The van der Waals surface area contributed by atoms with E-state index in [1.807, 2.05) is 0 Å². The van der Waals surface area contributed by atoms with Crippen LogP contribution in [0.1, 0.15) is 0 Å². The molecule has 0 fully saturated rings. The van der Waals surface area contributed by atoms with Crippen molar-refractivity contribution in [1.29, 1.82) is 0 Å². The Morgan fingerprint density at radius 3 is 2.93 bits per heavy atom. The molecule has 0 saturated heterocycles. The molecule has 1 aliphatic rings. The Morgan fingerprint density at radius 2 is 2.27 bits per heavy atom. The first-order valence-corrected chi connectivity index (χ1v) is 4.01. The number of rotatable bonds is 1. The Labute approximate surface area is 96.7 Å². The van der Waals surface area contributed by atoms with E-state index in [2.05, 4.69) is 20.3 Å². The molecule has 0 aromatic carbocycles. The van der Waals surface area contributed by atoms with Crippen molar-refractivity contribution < 1.29 is 23.7 Å². The number of aromatic nitrogens is 2. The number of fused-ring (bicyclic) bond motifs is 1. The molecule has 15 heavy (non-hydrogen) atoms. The van der Waals surface area contributed by atoms with Crippen LogP contribution >= 0.6 is 0 Å². The summed E-state index contributed by atoms with van der Waals surface area (Å²) in [5.41, 5.74) is 5.59. The molecule has 8 heteroatoms. The van der Waals surface area contributed by atoms with Gasteiger partial charge in [0.15, 0.2) is 11.5 Å². The van der Waals surface area contributed by atoms with E-state index in [9.17, 15) is 4.79 Å². The van der Waals surface area contributed by atoms with Crippen LogP contribution in [0.25, 0.3) is 0 Å². The van der Waals surface area contributed by atoms with Crippen molar-refractivity contribution in [3.05, 3.63) is 10.4 Å². The molecule has 7 nitrogen and oxygen atoms in total. The smallest absolute Gasteiger partial charge is 0.280 e. The summed E-state index contributed by atoms with van der Waals surface area (Å²) < 4.78 is 0. The predicted octanol–water partition coefficient (Wildman–Crippen LogP) is -1.16. The summed E-state index contributed by atoms with van der Waals surface area (Å²) in [7, 11) is 0. The van der Waals surface area contributed by atoms with Gasteiger partial charge in [0, 0.05) is 18.6 Å².